The Labute approximate surface area is 73.7 Å². The topological polar surface area (TPSA) is 52.3 Å². The third-order valence-corrected chi connectivity index (χ3v) is 1.27. The van der Waals surface area contributed by atoms with Crippen LogP contribution >= 0.6 is 12.4 Å². The molecule has 0 saturated heterocycles. The van der Waals surface area contributed by atoms with Crippen molar-refractivity contribution in [1.82, 2.24) is 0 Å². The highest BCUT2D eigenvalue weighted by Crippen LogP contribution is 1.98. The monoisotopic (exact) mass is 181 g/mol. The molecule has 0 unspecified atom stereocenters. The lowest BCUT2D eigenvalue weighted by atomic mass is 10.1. The van der Waals surface area contributed by atoms with Gasteiger partial charge in [0.25, 0.3) is 0 Å². The molecule has 0 radical (unpaired) electrons. The average Bonchev–Trinajstić information content (AvgIpc) is 1.87. The Balaban J connectivity index is 0. The van der Waals surface area contributed by atoms with Gasteiger partial charge in [0.2, 0.25) is 0 Å². The van der Waals surface area contributed by atoms with E-state index in [1.165, 1.54) is 7.11 Å². The molecule has 3 nitrogen and oxygen atoms in total. The van der Waals surface area contributed by atoms with Crippen LogP contribution in [0, 0.1) is 0 Å². The normalized spacial score (nSPS) is 11.5. The van der Waals surface area contributed by atoms with Crippen LogP contribution in [0.3, 0.4) is 0 Å². The van der Waals surface area contributed by atoms with Crippen LogP contribution in [0.4, 0.5) is 0 Å². The number of hydrogen-bond acceptors (Lipinski definition) is 3. The van der Waals surface area contributed by atoms with E-state index in [2.05, 4.69) is 4.74 Å². The van der Waals surface area contributed by atoms with Crippen molar-refractivity contribution < 1.29 is 9.53 Å². The summed E-state index contributed by atoms with van der Waals surface area (Å²) in [6, 6.07) is 0.185. The van der Waals surface area contributed by atoms with Crippen molar-refractivity contribution in [3.05, 3.63) is 0 Å². The van der Waals surface area contributed by atoms with E-state index in [0.29, 0.717) is 6.42 Å². The van der Waals surface area contributed by atoms with Crippen LogP contribution in [0.2, 0.25) is 0 Å². The van der Waals surface area contributed by atoms with Crippen LogP contribution in [-0.2, 0) is 9.53 Å². The van der Waals surface area contributed by atoms with E-state index in [-0.39, 0.29) is 24.4 Å². The second kappa shape index (κ2) is 7.82. The predicted octanol–water partition coefficient (Wildman–Crippen LogP) is 1.10. The molecule has 11 heavy (non-hydrogen) atoms. The number of rotatable bonds is 4. The summed E-state index contributed by atoms with van der Waals surface area (Å²) in [5, 5.41) is 0. The second-order valence-electron chi connectivity index (χ2n) is 2.45. The molecule has 68 valence electrons. The van der Waals surface area contributed by atoms with E-state index in [1.54, 1.807) is 0 Å². The minimum Gasteiger partial charge on any atom is -0.469 e. The van der Waals surface area contributed by atoms with Gasteiger partial charge in [-0.25, -0.2) is 0 Å². The Morgan fingerprint density at radius 2 is 2.18 bits per heavy atom. The quantitative estimate of drug-likeness (QED) is 0.661. The highest BCUT2D eigenvalue weighted by atomic mass is 35.5. The summed E-state index contributed by atoms with van der Waals surface area (Å²) in [7, 11) is 1.40. The number of ether oxygens (including phenoxy) is 1. The van der Waals surface area contributed by atoms with Crippen molar-refractivity contribution in [3.8, 4) is 0 Å². The van der Waals surface area contributed by atoms with E-state index < -0.39 is 0 Å². The van der Waals surface area contributed by atoms with Gasteiger partial charge in [0, 0.05) is 12.5 Å². The van der Waals surface area contributed by atoms with E-state index in [4.69, 9.17) is 5.73 Å². The summed E-state index contributed by atoms with van der Waals surface area (Å²) >= 11 is 0. The lowest BCUT2D eigenvalue weighted by molar-refractivity contribution is -0.140. The second-order valence-corrected chi connectivity index (χ2v) is 2.45. The Kier molecular flexibility index (Phi) is 9.47. The fourth-order valence-corrected chi connectivity index (χ4v) is 0.670. The van der Waals surface area contributed by atoms with Gasteiger partial charge in [-0.1, -0.05) is 0 Å². The zero-order valence-electron chi connectivity index (χ0n) is 7.00. The Bertz CT molecular complexity index is 107. The maximum absolute atomic E-state index is 10.5. The maximum Gasteiger partial charge on any atom is 0.305 e. The number of esters is 1. The van der Waals surface area contributed by atoms with E-state index in [0.717, 1.165) is 12.8 Å². The number of hydrogen-bond donors (Lipinski definition) is 1. The van der Waals surface area contributed by atoms with Crippen molar-refractivity contribution in [3.63, 3.8) is 0 Å². The van der Waals surface area contributed by atoms with E-state index >= 15 is 0 Å². The molecule has 0 amide bonds. The smallest absolute Gasteiger partial charge is 0.305 e. The third kappa shape index (κ3) is 9.72. The molecule has 0 fully saturated rings. The number of methoxy groups -OCH3 is 1. The summed E-state index contributed by atoms with van der Waals surface area (Å²) in [6.07, 6.45) is 2.19. The lowest BCUT2D eigenvalue weighted by Crippen LogP contribution is -2.14. The molecule has 1 atom stereocenters. The van der Waals surface area contributed by atoms with Crippen molar-refractivity contribution in [2.45, 2.75) is 32.2 Å². The van der Waals surface area contributed by atoms with E-state index in [9.17, 15) is 4.79 Å². The molecule has 0 aromatic carbocycles. The van der Waals surface area contributed by atoms with E-state index in [1.807, 2.05) is 6.92 Å². The molecule has 0 aliphatic rings. The Hall–Kier alpha value is -0.280. The first-order chi connectivity index (χ1) is 4.66. The molecule has 0 saturated carbocycles. The van der Waals surface area contributed by atoms with Gasteiger partial charge in [0.15, 0.2) is 0 Å². The van der Waals surface area contributed by atoms with Crippen LogP contribution in [-0.4, -0.2) is 19.1 Å². The minimum atomic E-state index is -0.152. The zero-order valence-corrected chi connectivity index (χ0v) is 7.82. The van der Waals surface area contributed by atoms with Gasteiger partial charge < -0.3 is 10.5 Å². The van der Waals surface area contributed by atoms with Gasteiger partial charge in [0.1, 0.15) is 0 Å². The summed E-state index contributed by atoms with van der Waals surface area (Å²) in [4.78, 5) is 10.5. The molecular weight excluding hydrogens is 166 g/mol. The fraction of sp³-hybridized carbons (Fsp3) is 0.857. The molecule has 0 bridgehead atoms. The first kappa shape index (κ1) is 13.3. The molecule has 0 aliphatic carbocycles. The highest BCUT2D eigenvalue weighted by Gasteiger charge is 2.00. The summed E-state index contributed by atoms with van der Waals surface area (Å²) < 4.78 is 4.45. The van der Waals surface area contributed by atoms with Crippen LogP contribution in [0.25, 0.3) is 0 Å². The minimum absolute atomic E-state index is 0. The SMILES string of the molecule is COC(=O)CCC[C@@H](C)N.Cl. The third-order valence-electron chi connectivity index (χ3n) is 1.27. The van der Waals surface area contributed by atoms with Crippen LogP contribution in [0.15, 0.2) is 0 Å². The molecule has 0 aliphatic heterocycles. The number of halogens is 1. The standard InChI is InChI=1S/C7H15NO2.ClH/c1-6(8)4-3-5-7(9)10-2;/h6H,3-5,8H2,1-2H3;1H/t6-;/m1./s1. The van der Waals surface area contributed by atoms with Gasteiger partial charge in [-0.2, -0.15) is 0 Å². The molecule has 0 aromatic heterocycles. The number of carbonyl (C=O) groups is 1. The number of carbonyl (C=O) groups excluding carboxylic acids is 1. The molecule has 0 aromatic rings. The lowest BCUT2D eigenvalue weighted by Gasteiger charge is -2.02. The maximum atomic E-state index is 10.5. The fourth-order valence-electron chi connectivity index (χ4n) is 0.670. The van der Waals surface area contributed by atoms with Gasteiger partial charge >= 0.3 is 5.97 Å². The molecule has 2 N–H and O–H groups in total. The van der Waals surface area contributed by atoms with Crippen molar-refractivity contribution in [2.75, 3.05) is 7.11 Å². The van der Waals surface area contributed by atoms with Gasteiger partial charge in [0.05, 0.1) is 7.11 Å². The predicted molar refractivity (Wildman–Crippen MR) is 46.8 cm³/mol. The first-order valence-electron chi connectivity index (χ1n) is 3.49. The molecule has 0 spiro atoms. The summed E-state index contributed by atoms with van der Waals surface area (Å²) in [6.45, 7) is 1.93. The number of nitrogens with two attached hydrogens (primary N) is 1. The largest absolute Gasteiger partial charge is 0.469 e. The van der Waals surface area contributed by atoms with Crippen LogP contribution < -0.4 is 5.73 Å². The highest BCUT2D eigenvalue weighted by molar-refractivity contribution is 5.85. The molecule has 4 heteroatoms. The molecule has 0 rings (SSSR count). The van der Waals surface area contributed by atoms with Crippen molar-refractivity contribution >= 4 is 18.4 Å². The van der Waals surface area contributed by atoms with Crippen molar-refractivity contribution in [2.24, 2.45) is 5.73 Å². The molecule has 0 heterocycles. The van der Waals surface area contributed by atoms with Gasteiger partial charge in [-0.15, -0.1) is 12.4 Å². The van der Waals surface area contributed by atoms with Gasteiger partial charge in [-0.05, 0) is 19.8 Å². The van der Waals surface area contributed by atoms with Crippen molar-refractivity contribution in [1.29, 1.82) is 0 Å². The first-order valence-corrected chi connectivity index (χ1v) is 3.49. The zero-order chi connectivity index (χ0) is 7.98. The van der Waals surface area contributed by atoms with Crippen LogP contribution in [0.1, 0.15) is 26.2 Å². The summed E-state index contributed by atoms with van der Waals surface area (Å²) in [5.74, 6) is -0.152. The average molecular weight is 182 g/mol. The van der Waals surface area contributed by atoms with Gasteiger partial charge in [-0.3, -0.25) is 4.79 Å². The summed E-state index contributed by atoms with van der Waals surface area (Å²) in [5.41, 5.74) is 5.47. The molecular formula is C7H16ClNO2. The Morgan fingerprint density at radius 3 is 2.55 bits per heavy atom. The Morgan fingerprint density at radius 1 is 1.64 bits per heavy atom. The van der Waals surface area contributed by atoms with Crippen LogP contribution in [0.5, 0.6) is 0 Å².